The summed E-state index contributed by atoms with van der Waals surface area (Å²) >= 11 is 0. The molecule has 326 valence electrons. The van der Waals surface area contributed by atoms with Crippen molar-refractivity contribution in [1.82, 2.24) is 4.57 Å². The van der Waals surface area contributed by atoms with E-state index in [1.54, 1.807) is 62.3 Å². The maximum absolute atomic E-state index is 10.7. The molecule has 0 aliphatic carbocycles. The van der Waals surface area contributed by atoms with Crippen molar-refractivity contribution in [3.63, 3.8) is 0 Å². The lowest BCUT2D eigenvalue weighted by atomic mass is 9.35. The molecule has 10 aromatic rings. The number of fused-ring (bicyclic) bond motifs is 14. The highest BCUT2D eigenvalue weighted by atomic mass is 16.3. The fourth-order valence-corrected chi connectivity index (χ4v) is 9.69. The Morgan fingerprint density at radius 3 is 1.71 bits per heavy atom. The average molecular weight is 882 g/mol. The highest BCUT2D eigenvalue weighted by molar-refractivity contribution is 7.00. The van der Waals surface area contributed by atoms with Gasteiger partial charge in [-0.15, -0.1) is 0 Å². The van der Waals surface area contributed by atoms with Gasteiger partial charge in [0.25, 0.3) is 6.71 Å². The minimum atomic E-state index is -1.59. The maximum Gasteiger partial charge on any atom is 0.297 e. The highest BCUT2D eigenvalue weighted by Gasteiger charge is 2.50. The lowest BCUT2D eigenvalue weighted by Gasteiger charge is -2.45. The van der Waals surface area contributed by atoms with Gasteiger partial charge in [-0.1, -0.05) is 137 Å². The van der Waals surface area contributed by atoms with Gasteiger partial charge < -0.3 is 23.2 Å². The lowest BCUT2D eigenvalue weighted by molar-refractivity contribution is 0.590. The number of nitrogens with zero attached hydrogens (tertiary/aromatic N) is 3. The molecule has 0 bridgehead atoms. The molecule has 5 nitrogen and oxygen atoms in total. The predicted molar refractivity (Wildman–Crippen MR) is 280 cm³/mol. The summed E-state index contributed by atoms with van der Waals surface area (Å²) in [7, 11) is 0. The number of anilines is 6. The molecule has 7 aromatic carbocycles. The monoisotopic (exact) mass is 882 g/mol. The summed E-state index contributed by atoms with van der Waals surface area (Å²) in [5.74, 6) is 0. The molecule has 0 unspecified atom stereocenters. The Balaban J connectivity index is 1.36. The van der Waals surface area contributed by atoms with Crippen molar-refractivity contribution in [3.8, 4) is 5.69 Å². The number of rotatable bonds is 1. The van der Waals surface area contributed by atoms with E-state index in [1.807, 2.05) is 20.8 Å². The second kappa shape index (κ2) is 12.6. The van der Waals surface area contributed by atoms with Gasteiger partial charge in [0.1, 0.15) is 11.2 Å². The Bertz CT molecular complexity index is 4950. The molecular weight excluding hydrogens is 805 g/mol. The van der Waals surface area contributed by atoms with Gasteiger partial charge in [-0.2, -0.15) is 0 Å². The van der Waals surface area contributed by atoms with E-state index >= 15 is 0 Å². The smallest absolute Gasteiger partial charge is 0.297 e. The molecule has 6 heterocycles. The summed E-state index contributed by atoms with van der Waals surface area (Å²) in [6.45, 7) is 19.8. The van der Waals surface area contributed by atoms with Crippen LogP contribution in [-0.2, 0) is 21.7 Å². The number of hydrogen-bond donors (Lipinski definition) is 0. The molecule has 13 rings (SSSR count). The molecule has 0 amide bonds. The number of hydrogen-bond acceptors (Lipinski definition) is 4. The van der Waals surface area contributed by atoms with Crippen LogP contribution in [0.1, 0.15) is 133 Å². The molecule has 0 radical (unpaired) electrons. The van der Waals surface area contributed by atoms with Crippen LogP contribution in [0.3, 0.4) is 0 Å². The van der Waals surface area contributed by atoms with Gasteiger partial charge >= 0.3 is 0 Å². The highest BCUT2D eigenvalue weighted by Crippen LogP contribution is 2.55. The molecular formula is C60H56BN3O2. The van der Waals surface area contributed by atoms with E-state index in [0.29, 0.717) is 0 Å². The fraction of sp³-hybridized carbons (Fsp3) is 0.267. The predicted octanol–water partition coefficient (Wildman–Crippen LogP) is 15.0. The first kappa shape index (κ1) is 24.2. The maximum atomic E-state index is 10.7. The van der Waals surface area contributed by atoms with E-state index in [4.69, 9.17) is 14.3 Å². The van der Waals surface area contributed by atoms with E-state index in [2.05, 4.69) is 0 Å². The summed E-state index contributed by atoms with van der Waals surface area (Å²) in [5, 5.41) is -0.613. The van der Waals surface area contributed by atoms with Crippen LogP contribution >= 0.6 is 0 Å². The Morgan fingerprint density at radius 1 is 0.439 bits per heavy atom. The number of aromatic nitrogens is 1. The first-order valence-electron chi connectivity index (χ1n) is 32.2. The van der Waals surface area contributed by atoms with Crippen LogP contribution in [0.4, 0.5) is 34.1 Å². The van der Waals surface area contributed by atoms with Gasteiger partial charge in [-0.25, -0.2) is 0 Å². The van der Waals surface area contributed by atoms with Crippen molar-refractivity contribution >= 4 is 112 Å². The van der Waals surface area contributed by atoms with E-state index in [0.717, 1.165) is 0 Å². The number of furan rings is 2. The topological polar surface area (TPSA) is 37.7 Å². The molecule has 0 saturated carbocycles. The third-order valence-electron chi connectivity index (χ3n) is 13.1. The fourth-order valence-electron chi connectivity index (χ4n) is 9.69. The van der Waals surface area contributed by atoms with E-state index in [9.17, 15) is 21.9 Å². The van der Waals surface area contributed by atoms with Gasteiger partial charge in [0.05, 0.1) is 72.5 Å². The quantitative estimate of drug-likeness (QED) is 0.154. The van der Waals surface area contributed by atoms with Crippen molar-refractivity contribution in [3.05, 3.63) is 143 Å². The zero-order valence-corrected chi connectivity index (χ0v) is 38.7. The zero-order valence-electron chi connectivity index (χ0n) is 58.7. The normalized spacial score (nSPS) is 18.8. The van der Waals surface area contributed by atoms with Gasteiger partial charge in [-0.05, 0) is 121 Å². The van der Waals surface area contributed by atoms with E-state index < -0.39 is 112 Å². The van der Waals surface area contributed by atoms with E-state index in [1.165, 1.54) is 14.4 Å². The summed E-state index contributed by atoms with van der Waals surface area (Å²) in [6.07, 6.45) is 0. The Morgan fingerprint density at radius 2 is 1.00 bits per heavy atom. The Kier molecular flexibility index (Phi) is 4.63. The molecule has 6 heteroatoms. The van der Waals surface area contributed by atoms with Crippen LogP contribution in [0, 0.1) is 0 Å². The van der Waals surface area contributed by atoms with Crippen molar-refractivity contribution in [2.75, 3.05) is 9.80 Å². The average Bonchev–Trinajstić information content (AvgIpc) is 1.28. The summed E-state index contributed by atoms with van der Waals surface area (Å²) < 4.78 is 211. The minimum absolute atomic E-state index is 0.0214. The third kappa shape index (κ3) is 5.24. The first-order chi connectivity index (χ1) is 39.7. The molecule has 0 N–H and O–H groups in total. The molecule has 0 saturated heterocycles. The lowest BCUT2D eigenvalue weighted by Crippen LogP contribution is -2.61. The molecule has 0 spiro atoms. The number of benzene rings is 7. The SMILES string of the molecule is [2H]c1c([2H])c2c3c(c1[2H])-n1c4c([2H])c([2H])c(C(C)(C)C)c([2H])c4c4c([2H])c(C(C)(C)C)c([2H])c(c41)N3c1c([2H])c(C(C)(C)C)c([2H])c3c1B2c1oc2c([2H])c([2H])c(C(C)(C)C)c([2H])c2c1N3c1c([2H])c([2H])c([2H])c2c1oc1c([2H])c([2H])c([2H])c([2H])c12. The van der Waals surface area contributed by atoms with Gasteiger partial charge in [0.15, 0.2) is 5.58 Å². The molecule has 3 aliphatic rings. The van der Waals surface area contributed by atoms with Crippen molar-refractivity contribution in [2.45, 2.75) is 105 Å². The second-order valence-corrected chi connectivity index (χ2v) is 21.8. The van der Waals surface area contributed by atoms with Crippen LogP contribution in [0.2, 0.25) is 0 Å². The van der Waals surface area contributed by atoms with Crippen LogP contribution in [-0.4, -0.2) is 11.3 Å². The molecule has 3 aromatic heterocycles. The molecule has 0 fully saturated rings. The third-order valence-corrected chi connectivity index (χ3v) is 13.1. The van der Waals surface area contributed by atoms with Gasteiger partial charge in [-0.3, -0.25) is 0 Å². The minimum Gasteiger partial charge on any atom is -0.468 e. The molecule has 3 aliphatic heterocycles. The summed E-state index contributed by atoms with van der Waals surface area (Å²) in [6, 6.07) is -9.80. The summed E-state index contributed by atoms with van der Waals surface area (Å²) in [4.78, 5) is 2.83. The van der Waals surface area contributed by atoms with Crippen molar-refractivity contribution < 1.29 is 36.2 Å². The van der Waals surface area contributed by atoms with Crippen molar-refractivity contribution in [1.29, 1.82) is 0 Å². The second-order valence-electron chi connectivity index (χ2n) is 21.8. The van der Waals surface area contributed by atoms with Crippen LogP contribution in [0.15, 0.2) is 130 Å². The zero-order chi connectivity index (χ0) is 63.1. The van der Waals surface area contributed by atoms with Gasteiger partial charge in [0, 0.05) is 38.3 Å². The van der Waals surface area contributed by atoms with Crippen molar-refractivity contribution in [2.24, 2.45) is 0 Å². The van der Waals surface area contributed by atoms with Crippen LogP contribution in [0.25, 0.3) is 60.4 Å². The largest absolute Gasteiger partial charge is 0.468 e. The standard InChI is InChI=1S/C60H56BN3O2/c1-57(2,3)33-23-25-43-39(27-33)40-29-35(59(7,8)9)32-48-52(40)62(43)44-20-16-19-42-54(44)64(48)47-31-36(60(10,11)12)30-46-51(47)61(42)56-53(41-28-34(58(4,5)6)24-26-50(41)66-56)63(46)45-21-15-18-38-37-17-13-14-22-49(37)65-55(38)45/h13-32H,1-12H3/i13D,14D,15D,16D,17D,18D,19D,20D,21D,22D,23D,24D,25D,26D,27D,28D,29D,30D,31D,32D. The number of para-hydroxylation sites is 3. The van der Waals surface area contributed by atoms with Gasteiger partial charge in [0.2, 0.25) is 0 Å². The molecule has 0 atom stereocenters. The van der Waals surface area contributed by atoms with E-state index in [-0.39, 0.29) is 171 Å². The first-order valence-corrected chi connectivity index (χ1v) is 22.2. The Labute approximate surface area is 415 Å². The summed E-state index contributed by atoms with van der Waals surface area (Å²) in [5.41, 5.74) is -6.47. The molecule has 66 heavy (non-hydrogen) atoms. The van der Waals surface area contributed by atoms with Crippen LogP contribution in [0.5, 0.6) is 0 Å². The Hall–Kier alpha value is -6.66. The van der Waals surface area contributed by atoms with Crippen LogP contribution < -0.4 is 26.4 Å².